The Labute approximate surface area is 132 Å². The number of hydrogen-bond acceptors (Lipinski definition) is 2. The predicted molar refractivity (Wildman–Crippen MR) is 86.2 cm³/mol. The van der Waals surface area contributed by atoms with Gasteiger partial charge in [0.15, 0.2) is 0 Å². The van der Waals surface area contributed by atoms with Crippen LogP contribution in [0.15, 0.2) is 24.3 Å². The molecule has 0 aromatic heterocycles. The maximum atomic E-state index is 11.5. The Bertz CT molecular complexity index is 482. The molecule has 2 N–H and O–H groups in total. The zero-order chi connectivity index (χ0) is 16.4. The highest BCUT2D eigenvalue weighted by atomic mass is 16.4. The summed E-state index contributed by atoms with van der Waals surface area (Å²) >= 11 is 0. The third kappa shape index (κ3) is 6.29. The third-order valence-electron chi connectivity index (χ3n) is 3.91. The maximum absolute atomic E-state index is 11.5. The molecule has 0 aliphatic rings. The molecule has 22 heavy (non-hydrogen) atoms. The predicted octanol–water partition coefficient (Wildman–Crippen LogP) is 4.23. The van der Waals surface area contributed by atoms with Gasteiger partial charge in [0.1, 0.15) is 0 Å². The molecule has 4 nitrogen and oxygen atoms in total. The molecule has 0 saturated heterocycles. The number of rotatable bonds is 11. The number of aryl methyl sites for hydroxylation is 1. The molecule has 0 bridgehead atoms. The Hall–Kier alpha value is -1.84. The summed E-state index contributed by atoms with van der Waals surface area (Å²) in [6.45, 7) is 2.06. The van der Waals surface area contributed by atoms with Gasteiger partial charge in [-0.1, -0.05) is 50.5 Å². The van der Waals surface area contributed by atoms with Gasteiger partial charge in [-0.05, 0) is 36.8 Å². The minimum Gasteiger partial charge on any atom is -0.481 e. The third-order valence-corrected chi connectivity index (χ3v) is 3.91. The topological polar surface area (TPSA) is 74.6 Å². The molecule has 0 amide bonds. The van der Waals surface area contributed by atoms with Crippen LogP contribution in [0.2, 0.25) is 0 Å². The van der Waals surface area contributed by atoms with E-state index >= 15 is 0 Å². The zero-order valence-corrected chi connectivity index (χ0v) is 13.3. The van der Waals surface area contributed by atoms with Crippen molar-refractivity contribution in [3.05, 3.63) is 35.4 Å². The van der Waals surface area contributed by atoms with Crippen LogP contribution in [0.4, 0.5) is 0 Å². The van der Waals surface area contributed by atoms with Crippen LogP contribution in [0.3, 0.4) is 0 Å². The number of carboxylic acid groups (broad SMARTS) is 2. The van der Waals surface area contributed by atoms with Gasteiger partial charge in [0, 0.05) is 6.42 Å². The van der Waals surface area contributed by atoms with E-state index in [-0.39, 0.29) is 6.42 Å². The first-order valence-corrected chi connectivity index (χ1v) is 8.08. The fourth-order valence-corrected chi connectivity index (χ4v) is 2.69. The molecule has 0 spiro atoms. The highest BCUT2D eigenvalue weighted by Gasteiger charge is 2.21. The monoisotopic (exact) mass is 306 g/mol. The molecule has 0 saturated carbocycles. The van der Waals surface area contributed by atoms with E-state index in [4.69, 9.17) is 5.11 Å². The van der Waals surface area contributed by atoms with Crippen LogP contribution in [0.25, 0.3) is 0 Å². The van der Waals surface area contributed by atoms with Crippen molar-refractivity contribution in [2.75, 3.05) is 0 Å². The molecule has 4 heteroatoms. The molecule has 0 aliphatic carbocycles. The summed E-state index contributed by atoms with van der Waals surface area (Å²) in [4.78, 5) is 22.0. The summed E-state index contributed by atoms with van der Waals surface area (Å²) in [7, 11) is 0. The minimum atomic E-state index is -0.758. The number of hydrogen-bond donors (Lipinski definition) is 2. The molecule has 1 rings (SSSR count). The Morgan fingerprint density at radius 1 is 1.05 bits per heavy atom. The van der Waals surface area contributed by atoms with Crippen LogP contribution in [0.5, 0.6) is 0 Å². The van der Waals surface area contributed by atoms with Crippen LogP contribution in [-0.4, -0.2) is 22.2 Å². The van der Waals surface area contributed by atoms with Crippen LogP contribution in [0, 0.1) is 0 Å². The van der Waals surface area contributed by atoms with E-state index in [0.717, 1.165) is 43.2 Å². The maximum Gasteiger partial charge on any atom is 0.310 e. The second kappa shape index (κ2) is 9.98. The lowest BCUT2D eigenvalue weighted by atomic mass is 9.88. The molecule has 1 aromatic rings. The SMILES string of the molecule is CCCCC(C(=O)O)c1ccccc1CCCCCC(=O)O. The van der Waals surface area contributed by atoms with Crippen LogP contribution in [0.1, 0.15) is 68.9 Å². The van der Waals surface area contributed by atoms with E-state index in [1.165, 1.54) is 0 Å². The van der Waals surface area contributed by atoms with Gasteiger partial charge < -0.3 is 10.2 Å². The Morgan fingerprint density at radius 2 is 1.77 bits per heavy atom. The molecule has 0 fully saturated rings. The molecule has 1 aromatic carbocycles. The van der Waals surface area contributed by atoms with Gasteiger partial charge in [-0.2, -0.15) is 0 Å². The summed E-state index contributed by atoms with van der Waals surface area (Å²) < 4.78 is 0. The lowest BCUT2D eigenvalue weighted by Crippen LogP contribution is -2.13. The van der Waals surface area contributed by atoms with Crippen molar-refractivity contribution in [3.8, 4) is 0 Å². The van der Waals surface area contributed by atoms with E-state index in [2.05, 4.69) is 6.92 Å². The molecule has 0 heterocycles. The van der Waals surface area contributed by atoms with Crippen LogP contribution >= 0.6 is 0 Å². The number of carboxylic acids is 2. The average Bonchev–Trinajstić information content (AvgIpc) is 2.48. The number of unbranched alkanes of at least 4 members (excludes halogenated alkanes) is 3. The van der Waals surface area contributed by atoms with E-state index in [1.54, 1.807) is 0 Å². The van der Waals surface area contributed by atoms with Crippen molar-refractivity contribution in [2.45, 2.75) is 64.2 Å². The summed E-state index contributed by atoms with van der Waals surface area (Å²) in [5, 5.41) is 18.1. The van der Waals surface area contributed by atoms with E-state index in [9.17, 15) is 14.7 Å². The fraction of sp³-hybridized carbons (Fsp3) is 0.556. The Balaban J connectivity index is 2.66. The number of carbonyl (C=O) groups is 2. The average molecular weight is 306 g/mol. The summed E-state index contributed by atoms with van der Waals surface area (Å²) in [6.07, 6.45) is 6.00. The van der Waals surface area contributed by atoms with Crippen molar-refractivity contribution in [1.82, 2.24) is 0 Å². The smallest absolute Gasteiger partial charge is 0.310 e. The molecular weight excluding hydrogens is 280 g/mol. The van der Waals surface area contributed by atoms with Gasteiger partial charge >= 0.3 is 11.9 Å². The molecule has 1 unspecified atom stereocenters. The highest BCUT2D eigenvalue weighted by Crippen LogP contribution is 2.27. The van der Waals surface area contributed by atoms with Crippen LogP contribution in [-0.2, 0) is 16.0 Å². The molecule has 0 radical (unpaired) electrons. The molecule has 122 valence electrons. The van der Waals surface area contributed by atoms with Crippen molar-refractivity contribution in [3.63, 3.8) is 0 Å². The fourth-order valence-electron chi connectivity index (χ4n) is 2.69. The summed E-state index contributed by atoms with van der Waals surface area (Å²) in [5.41, 5.74) is 2.00. The van der Waals surface area contributed by atoms with Crippen molar-refractivity contribution in [2.24, 2.45) is 0 Å². The van der Waals surface area contributed by atoms with Crippen molar-refractivity contribution < 1.29 is 19.8 Å². The van der Waals surface area contributed by atoms with Crippen molar-refractivity contribution >= 4 is 11.9 Å². The Morgan fingerprint density at radius 3 is 2.41 bits per heavy atom. The zero-order valence-electron chi connectivity index (χ0n) is 13.3. The second-order valence-corrected chi connectivity index (χ2v) is 5.69. The van der Waals surface area contributed by atoms with E-state index in [1.807, 2.05) is 24.3 Å². The normalized spacial score (nSPS) is 12.0. The van der Waals surface area contributed by atoms with Crippen molar-refractivity contribution in [1.29, 1.82) is 0 Å². The molecule has 0 aliphatic heterocycles. The summed E-state index contributed by atoms with van der Waals surface area (Å²) in [6, 6.07) is 7.75. The van der Waals surface area contributed by atoms with Gasteiger partial charge in [-0.15, -0.1) is 0 Å². The summed E-state index contributed by atoms with van der Waals surface area (Å²) in [5.74, 6) is -1.95. The number of aliphatic carboxylic acids is 2. The second-order valence-electron chi connectivity index (χ2n) is 5.69. The lowest BCUT2D eigenvalue weighted by Gasteiger charge is -2.16. The van der Waals surface area contributed by atoms with Crippen LogP contribution < -0.4 is 0 Å². The largest absolute Gasteiger partial charge is 0.481 e. The van der Waals surface area contributed by atoms with Gasteiger partial charge in [-0.25, -0.2) is 0 Å². The van der Waals surface area contributed by atoms with Gasteiger partial charge in [-0.3, -0.25) is 9.59 Å². The quantitative estimate of drug-likeness (QED) is 0.600. The Kier molecular flexibility index (Phi) is 8.26. The molecule has 1 atom stereocenters. The highest BCUT2D eigenvalue weighted by molar-refractivity contribution is 5.76. The van der Waals surface area contributed by atoms with E-state index in [0.29, 0.717) is 12.8 Å². The first-order chi connectivity index (χ1) is 10.6. The first-order valence-electron chi connectivity index (χ1n) is 8.08. The van der Waals surface area contributed by atoms with Gasteiger partial charge in [0.2, 0.25) is 0 Å². The first kappa shape index (κ1) is 18.2. The molecular formula is C18H26O4. The lowest BCUT2D eigenvalue weighted by molar-refractivity contribution is -0.139. The number of benzene rings is 1. The standard InChI is InChI=1S/C18H26O4/c1-2-3-11-16(18(21)22)15-12-8-7-10-14(15)9-5-4-6-13-17(19)20/h7-8,10,12,16H,2-6,9,11,13H2,1H3,(H,19,20)(H,21,22). The van der Waals surface area contributed by atoms with E-state index < -0.39 is 17.9 Å². The minimum absolute atomic E-state index is 0.204. The van der Waals surface area contributed by atoms with Gasteiger partial charge in [0.25, 0.3) is 0 Å². The van der Waals surface area contributed by atoms with Gasteiger partial charge in [0.05, 0.1) is 5.92 Å².